The van der Waals surface area contributed by atoms with E-state index in [9.17, 15) is 9.18 Å². The number of hydrogen-bond acceptors (Lipinski definition) is 3. The molecule has 0 aliphatic rings. The van der Waals surface area contributed by atoms with Gasteiger partial charge in [0, 0.05) is 5.88 Å². The first-order chi connectivity index (χ1) is 8.13. The van der Waals surface area contributed by atoms with Crippen molar-refractivity contribution in [3.05, 3.63) is 35.1 Å². The molecule has 5 heteroatoms. The SMILES string of the molecule is COC(=O)c1c(F)cccc1CC(C#N)CCl. The summed E-state index contributed by atoms with van der Waals surface area (Å²) >= 11 is 5.59. The van der Waals surface area contributed by atoms with Crippen LogP contribution in [-0.4, -0.2) is 19.0 Å². The lowest BCUT2D eigenvalue weighted by molar-refractivity contribution is 0.0594. The topological polar surface area (TPSA) is 50.1 Å². The van der Waals surface area contributed by atoms with Gasteiger partial charge in [-0.25, -0.2) is 9.18 Å². The van der Waals surface area contributed by atoms with E-state index in [0.717, 1.165) is 0 Å². The molecule has 0 aromatic heterocycles. The molecule has 0 aliphatic carbocycles. The second-order valence-electron chi connectivity index (χ2n) is 3.45. The van der Waals surface area contributed by atoms with Crippen LogP contribution in [0.4, 0.5) is 4.39 Å². The maximum absolute atomic E-state index is 13.5. The van der Waals surface area contributed by atoms with Gasteiger partial charge in [-0.1, -0.05) is 12.1 Å². The van der Waals surface area contributed by atoms with Crippen molar-refractivity contribution in [2.24, 2.45) is 5.92 Å². The highest BCUT2D eigenvalue weighted by Gasteiger charge is 2.19. The van der Waals surface area contributed by atoms with E-state index in [1.807, 2.05) is 6.07 Å². The Bertz CT molecular complexity index is 456. The van der Waals surface area contributed by atoms with Crippen molar-refractivity contribution in [1.82, 2.24) is 0 Å². The molecule has 0 N–H and O–H groups in total. The summed E-state index contributed by atoms with van der Waals surface area (Å²) in [6.07, 6.45) is 0.224. The summed E-state index contributed by atoms with van der Waals surface area (Å²) in [6, 6.07) is 6.25. The molecule has 0 heterocycles. The quantitative estimate of drug-likeness (QED) is 0.614. The van der Waals surface area contributed by atoms with Crippen LogP contribution < -0.4 is 0 Å². The number of carbonyl (C=O) groups is 1. The lowest BCUT2D eigenvalue weighted by atomic mass is 9.97. The Morgan fingerprint density at radius 1 is 1.65 bits per heavy atom. The monoisotopic (exact) mass is 255 g/mol. The summed E-state index contributed by atoms with van der Waals surface area (Å²) < 4.78 is 18.0. The molecule has 0 saturated carbocycles. The van der Waals surface area contributed by atoms with Crippen LogP contribution in [0.15, 0.2) is 18.2 Å². The first-order valence-electron chi connectivity index (χ1n) is 4.95. The van der Waals surface area contributed by atoms with E-state index in [4.69, 9.17) is 16.9 Å². The zero-order chi connectivity index (χ0) is 12.8. The summed E-state index contributed by atoms with van der Waals surface area (Å²) in [7, 11) is 1.18. The molecule has 0 radical (unpaired) electrons. The zero-order valence-corrected chi connectivity index (χ0v) is 10.00. The smallest absolute Gasteiger partial charge is 0.341 e. The van der Waals surface area contributed by atoms with Gasteiger partial charge in [-0.3, -0.25) is 0 Å². The zero-order valence-electron chi connectivity index (χ0n) is 9.24. The Balaban J connectivity index is 3.11. The highest BCUT2D eigenvalue weighted by molar-refractivity contribution is 6.18. The van der Waals surface area contributed by atoms with Crippen molar-refractivity contribution in [1.29, 1.82) is 5.26 Å². The molecule has 0 saturated heterocycles. The summed E-state index contributed by atoms with van der Waals surface area (Å²) in [6.45, 7) is 0. The van der Waals surface area contributed by atoms with E-state index in [-0.39, 0.29) is 17.9 Å². The van der Waals surface area contributed by atoms with Gasteiger partial charge in [0.05, 0.1) is 24.7 Å². The van der Waals surface area contributed by atoms with Crippen molar-refractivity contribution >= 4 is 17.6 Å². The molecule has 0 bridgehead atoms. The second-order valence-corrected chi connectivity index (χ2v) is 3.76. The normalized spacial score (nSPS) is 11.6. The third kappa shape index (κ3) is 3.18. The van der Waals surface area contributed by atoms with Crippen LogP contribution in [0, 0.1) is 23.1 Å². The van der Waals surface area contributed by atoms with Crippen molar-refractivity contribution in [2.45, 2.75) is 6.42 Å². The molecule has 1 aromatic carbocycles. The first-order valence-corrected chi connectivity index (χ1v) is 5.48. The summed E-state index contributed by atoms with van der Waals surface area (Å²) in [5.74, 6) is -1.72. The number of alkyl halides is 1. The van der Waals surface area contributed by atoms with Gasteiger partial charge in [-0.05, 0) is 18.1 Å². The summed E-state index contributed by atoms with van der Waals surface area (Å²) in [4.78, 5) is 11.4. The fourth-order valence-electron chi connectivity index (χ4n) is 1.47. The average Bonchev–Trinajstić information content (AvgIpc) is 2.35. The van der Waals surface area contributed by atoms with Gasteiger partial charge in [0.1, 0.15) is 5.82 Å². The van der Waals surface area contributed by atoms with E-state index in [0.29, 0.717) is 5.56 Å². The predicted octanol–water partition coefficient (Wildman–Crippen LogP) is 2.53. The van der Waals surface area contributed by atoms with Crippen molar-refractivity contribution in [3.8, 4) is 6.07 Å². The molecule has 1 unspecified atom stereocenters. The number of hydrogen-bond donors (Lipinski definition) is 0. The molecular formula is C12H11ClFNO2. The number of halogens is 2. The number of benzene rings is 1. The number of ether oxygens (including phenoxy) is 1. The van der Waals surface area contributed by atoms with Crippen LogP contribution >= 0.6 is 11.6 Å². The largest absolute Gasteiger partial charge is 0.465 e. The molecule has 17 heavy (non-hydrogen) atoms. The predicted molar refractivity (Wildman–Crippen MR) is 61.3 cm³/mol. The van der Waals surface area contributed by atoms with E-state index in [1.165, 1.54) is 19.2 Å². The van der Waals surface area contributed by atoms with Crippen LogP contribution in [0.5, 0.6) is 0 Å². The number of nitrogens with zero attached hydrogens (tertiary/aromatic N) is 1. The molecule has 1 aromatic rings. The molecule has 1 atom stereocenters. The lowest BCUT2D eigenvalue weighted by Gasteiger charge is -2.10. The van der Waals surface area contributed by atoms with Gasteiger partial charge in [-0.2, -0.15) is 5.26 Å². The van der Waals surface area contributed by atoms with Crippen LogP contribution in [0.1, 0.15) is 15.9 Å². The standard InChI is InChI=1S/C12H11ClFNO2/c1-17-12(16)11-9(3-2-4-10(11)14)5-8(6-13)7-15/h2-4,8H,5-6H2,1H3. The van der Waals surface area contributed by atoms with Gasteiger partial charge >= 0.3 is 5.97 Å². The number of esters is 1. The van der Waals surface area contributed by atoms with Crippen LogP contribution in [0.25, 0.3) is 0 Å². The second kappa shape index (κ2) is 6.21. The summed E-state index contributed by atoms with van der Waals surface area (Å²) in [5, 5.41) is 8.80. The molecule has 0 amide bonds. The van der Waals surface area contributed by atoms with Crippen LogP contribution in [-0.2, 0) is 11.2 Å². The highest BCUT2D eigenvalue weighted by atomic mass is 35.5. The first kappa shape index (κ1) is 13.5. The van der Waals surface area contributed by atoms with Crippen molar-refractivity contribution < 1.29 is 13.9 Å². The average molecular weight is 256 g/mol. The Morgan fingerprint density at radius 3 is 2.88 bits per heavy atom. The van der Waals surface area contributed by atoms with Crippen LogP contribution in [0.3, 0.4) is 0 Å². The molecule has 3 nitrogen and oxygen atoms in total. The van der Waals surface area contributed by atoms with Crippen molar-refractivity contribution in [2.75, 3.05) is 13.0 Å². The van der Waals surface area contributed by atoms with E-state index >= 15 is 0 Å². The fourth-order valence-corrected chi connectivity index (χ4v) is 1.65. The maximum Gasteiger partial charge on any atom is 0.341 e. The Labute approximate surface area is 104 Å². The lowest BCUT2D eigenvalue weighted by Crippen LogP contribution is -2.12. The minimum absolute atomic E-state index is 0.125. The molecule has 90 valence electrons. The van der Waals surface area contributed by atoms with E-state index in [1.54, 1.807) is 6.07 Å². The van der Waals surface area contributed by atoms with Crippen molar-refractivity contribution in [3.63, 3.8) is 0 Å². The molecule has 0 spiro atoms. The van der Waals surface area contributed by atoms with Crippen LogP contribution in [0.2, 0.25) is 0 Å². The van der Waals surface area contributed by atoms with Gasteiger partial charge in [0.2, 0.25) is 0 Å². The third-order valence-corrected chi connectivity index (χ3v) is 2.70. The number of methoxy groups -OCH3 is 1. The Kier molecular flexibility index (Phi) is 4.92. The Morgan fingerprint density at radius 2 is 2.35 bits per heavy atom. The minimum atomic E-state index is -0.746. The molecular weight excluding hydrogens is 245 g/mol. The molecule has 0 aliphatic heterocycles. The summed E-state index contributed by atoms with van der Waals surface area (Å²) in [5.41, 5.74) is 0.310. The van der Waals surface area contributed by atoms with E-state index < -0.39 is 17.7 Å². The highest BCUT2D eigenvalue weighted by Crippen LogP contribution is 2.19. The Hall–Kier alpha value is -1.60. The van der Waals surface area contributed by atoms with Gasteiger partial charge in [-0.15, -0.1) is 11.6 Å². The number of rotatable bonds is 4. The molecule has 1 rings (SSSR count). The third-order valence-electron chi connectivity index (χ3n) is 2.32. The molecule has 0 fully saturated rings. The van der Waals surface area contributed by atoms with Gasteiger partial charge < -0.3 is 4.74 Å². The minimum Gasteiger partial charge on any atom is -0.465 e. The fraction of sp³-hybridized carbons (Fsp3) is 0.333. The number of carbonyl (C=O) groups excluding carboxylic acids is 1. The number of nitriles is 1. The maximum atomic E-state index is 13.5. The van der Waals surface area contributed by atoms with Gasteiger partial charge in [0.25, 0.3) is 0 Å². The van der Waals surface area contributed by atoms with E-state index in [2.05, 4.69) is 4.74 Å². The van der Waals surface area contributed by atoms with Gasteiger partial charge in [0.15, 0.2) is 0 Å².